The van der Waals surface area contributed by atoms with E-state index in [0.717, 1.165) is 43.9 Å². The summed E-state index contributed by atoms with van der Waals surface area (Å²) in [6, 6.07) is 40.4. The topological polar surface area (TPSA) is 38.2 Å². The van der Waals surface area contributed by atoms with Crippen molar-refractivity contribution in [3.8, 4) is 22.9 Å². The molecule has 1 aromatic heterocycles. The molecule has 0 saturated heterocycles. The molecule has 8 rings (SSSR count). The summed E-state index contributed by atoms with van der Waals surface area (Å²) < 4.78 is 6.67. The van der Waals surface area contributed by atoms with Gasteiger partial charge in [0.15, 0.2) is 11.6 Å². The maximum absolute atomic E-state index is 6.67. The van der Waals surface area contributed by atoms with Crippen LogP contribution in [0.1, 0.15) is 0 Å². The molecule has 3 heterocycles. The van der Waals surface area contributed by atoms with Crippen molar-refractivity contribution in [3.63, 3.8) is 0 Å². The minimum absolute atomic E-state index is 0.701. The van der Waals surface area contributed by atoms with Crippen LogP contribution in [0.2, 0.25) is 13.1 Å². The van der Waals surface area contributed by atoms with Crippen molar-refractivity contribution >= 4 is 59.0 Å². The zero-order valence-electron chi connectivity index (χ0n) is 23.7. The lowest BCUT2D eigenvalue weighted by molar-refractivity contribution is 0.455. The number of fused-ring (bicyclic) bond motifs is 4. The Labute approximate surface area is 260 Å². The van der Waals surface area contributed by atoms with E-state index in [-0.39, 0.29) is 0 Å². The SMILES string of the molecule is C[Si]1(C)c2ccccc2Sc2c(N(c3cnc(-c4ccccc4)nc3)c3cccc4c3Oc3ccccc3S4)cccc21. The summed E-state index contributed by atoms with van der Waals surface area (Å²) in [6.45, 7) is 4.91. The van der Waals surface area contributed by atoms with E-state index in [0.29, 0.717) is 5.82 Å². The zero-order chi connectivity index (χ0) is 29.0. The molecule has 0 N–H and O–H groups in total. The van der Waals surface area contributed by atoms with Gasteiger partial charge >= 0.3 is 0 Å². The van der Waals surface area contributed by atoms with E-state index in [1.165, 1.54) is 20.2 Å². The van der Waals surface area contributed by atoms with E-state index >= 15 is 0 Å². The normalized spacial score (nSPS) is 14.0. The number of nitrogens with zero attached hydrogens (tertiary/aromatic N) is 3. The molecule has 6 aromatic rings. The Morgan fingerprint density at radius 2 is 1.26 bits per heavy atom. The highest BCUT2D eigenvalue weighted by Crippen LogP contribution is 2.54. The van der Waals surface area contributed by atoms with Gasteiger partial charge in [-0.1, -0.05) is 115 Å². The predicted octanol–water partition coefficient (Wildman–Crippen LogP) is 9.16. The summed E-state index contributed by atoms with van der Waals surface area (Å²) in [6.07, 6.45) is 3.87. The largest absolute Gasteiger partial charge is 0.453 e. The number of para-hydroxylation sites is 2. The van der Waals surface area contributed by atoms with E-state index in [2.05, 4.69) is 90.8 Å². The average molecular weight is 610 g/mol. The van der Waals surface area contributed by atoms with Crippen molar-refractivity contribution < 1.29 is 4.74 Å². The van der Waals surface area contributed by atoms with Crippen molar-refractivity contribution in [1.29, 1.82) is 0 Å². The molecule has 0 spiro atoms. The van der Waals surface area contributed by atoms with Crippen LogP contribution in [0.25, 0.3) is 11.4 Å². The first-order valence-electron chi connectivity index (χ1n) is 14.2. The minimum atomic E-state index is -1.95. The Balaban J connectivity index is 1.33. The summed E-state index contributed by atoms with van der Waals surface area (Å²) in [7, 11) is -1.95. The average Bonchev–Trinajstić information content (AvgIpc) is 3.05. The molecule has 0 saturated carbocycles. The monoisotopic (exact) mass is 609 g/mol. The zero-order valence-corrected chi connectivity index (χ0v) is 26.3. The predicted molar refractivity (Wildman–Crippen MR) is 180 cm³/mol. The molecule has 2 aliphatic rings. The number of rotatable bonds is 4. The number of benzene rings is 5. The summed E-state index contributed by atoms with van der Waals surface area (Å²) >= 11 is 3.60. The van der Waals surface area contributed by atoms with Crippen LogP contribution in [0, 0.1) is 0 Å². The molecular weight excluding hydrogens is 583 g/mol. The van der Waals surface area contributed by atoms with Crippen LogP contribution in [0.3, 0.4) is 0 Å². The highest BCUT2D eigenvalue weighted by atomic mass is 32.2. The Morgan fingerprint density at radius 3 is 2.09 bits per heavy atom. The van der Waals surface area contributed by atoms with E-state index < -0.39 is 8.07 Å². The Kier molecular flexibility index (Phi) is 6.40. The van der Waals surface area contributed by atoms with Crippen LogP contribution < -0.4 is 20.0 Å². The fraction of sp³-hybridized carbons (Fsp3) is 0.0556. The highest BCUT2D eigenvalue weighted by Gasteiger charge is 2.37. The second-order valence-corrected chi connectivity index (χ2v) is 17.6. The lowest BCUT2D eigenvalue weighted by Crippen LogP contribution is -2.56. The molecule has 0 atom stereocenters. The lowest BCUT2D eigenvalue weighted by Gasteiger charge is -2.37. The minimum Gasteiger partial charge on any atom is -0.453 e. The van der Waals surface area contributed by atoms with Crippen molar-refractivity contribution in [1.82, 2.24) is 9.97 Å². The smallest absolute Gasteiger partial charge is 0.165 e. The fourth-order valence-corrected chi connectivity index (χ4v) is 12.4. The van der Waals surface area contributed by atoms with Crippen molar-refractivity contribution in [2.75, 3.05) is 4.90 Å². The van der Waals surface area contributed by atoms with Gasteiger partial charge in [0.25, 0.3) is 0 Å². The number of ether oxygens (including phenoxy) is 1. The molecule has 4 nitrogen and oxygen atoms in total. The Hall–Kier alpha value is -4.30. The summed E-state index contributed by atoms with van der Waals surface area (Å²) in [5.41, 5.74) is 3.94. The van der Waals surface area contributed by atoms with E-state index in [4.69, 9.17) is 14.7 Å². The summed E-state index contributed by atoms with van der Waals surface area (Å²) in [5, 5.41) is 2.92. The Morgan fingerprint density at radius 1 is 0.605 bits per heavy atom. The van der Waals surface area contributed by atoms with Gasteiger partial charge in [-0.25, -0.2) is 9.97 Å². The Bertz CT molecular complexity index is 2000. The number of hydrogen-bond donors (Lipinski definition) is 0. The van der Waals surface area contributed by atoms with Crippen molar-refractivity contribution in [2.45, 2.75) is 32.7 Å². The maximum atomic E-state index is 6.67. The van der Waals surface area contributed by atoms with Gasteiger partial charge in [0.1, 0.15) is 13.8 Å². The van der Waals surface area contributed by atoms with Crippen LogP contribution in [-0.4, -0.2) is 18.0 Å². The van der Waals surface area contributed by atoms with Gasteiger partial charge in [-0.15, -0.1) is 0 Å². The summed E-state index contributed by atoms with van der Waals surface area (Å²) in [5.74, 6) is 2.41. The van der Waals surface area contributed by atoms with Gasteiger partial charge in [-0.2, -0.15) is 0 Å². The number of anilines is 3. The quantitative estimate of drug-likeness (QED) is 0.185. The molecule has 0 bridgehead atoms. The standard InChI is InChI=1S/C36H27N3OS2Si/c1-43(2)32-20-9-8-18-30(32)42-35-27(15-11-21-33(35)43)39(25-22-37-36(38-23-25)24-12-4-3-5-13-24)26-14-10-19-31-34(26)40-28-16-6-7-17-29(28)41-31/h3-23H,1-2H3. The molecular formula is C36H27N3OS2Si. The van der Waals surface area contributed by atoms with Gasteiger partial charge < -0.3 is 9.64 Å². The van der Waals surface area contributed by atoms with Gasteiger partial charge in [0.2, 0.25) is 0 Å². The van der Waals surface area contributed by atoms with E-state index in [1.54, 1.807) is 11.8 Å². The van der Waals surface area contributed by atoms with E-state index in [1.807, 2.05) is 66.6 Å². The van der Waals surface area contributed by atoms with Crippen LogP contribution in [0.4, 0.5) is 17.1 Å². The molecule has 0 amide bonds. The molecule has 7 heteroatoms. The van der Waals surface area contributed by atoms with Crippen LogP contribution >= 0.6 is 23.5 Å². The van der Waals surface area contributed by atoms with Crippen molar-refractivity contribution in [2.24, 2.45) is 0 Å². The molecule has 208 valence electrons. The second-order valence-electron chi connectivity index (χ2n) is 11.1. The molecule has 0 radical (unpaired) electrons. The highest BCUT2D eigenvalue weighted by molar-refractivity contribution is 8.00. The van der Waals surface area contributed by atoms with Crippen LogP contribution in [0.5, 0.6) is 11.5 Å². The van der Waals surface area contributed by atoms with Crippen LogP contribution in [-0.2, 0) is 0 Å². The van der Waals surface area contributed by atoms with Gasteiger partial charge in [-0.3, -0.25) is 0 Å². The molecule has 2 aliphatic heterocycles. The fourth-order valence-electron chi connectivity index (χ4n) is 5.92. The van der Waals surface area contributed by atoms with Gasteiger partial charge in [0.05, 0.1) is 39.2 Å². The molecule has 0 fully saturated rings. The first-order chi connectivity index (χ1) is 21.1. The molecule has 0 unspecified atom stereocenters. The second kappa shape index (κ2) is 10.5. The first-order valence-corrected chi connectivity index (χ1v) is 18.9. The van der Waals surface area contributed by atoms with E-state index in [9.17, 15) is 0 Å². The van der Waals surface area contributed by atoms with Crippen LogP contribution in [0.15, 0.2) is 147 Å². The third-order valence-electron chi connectivity index (χ3n) is 8.09. The molecule has 43 heavy (non-hydrogen) atoms. The third kappa shape index (κ3) is 4.47. The lowest BCUT2D eigenvalue weighted by atomic mass is 10.2. The molecule has 5 aromatic carbocycles. The molecule has 0 aliphatic carbocycles. The van der Waals surface area contributed by atoms with Gasteiger partial charge in [0, 0.05) is 15.4 Å². The third-order valence-corrected chi connectivity index (χ3v) is 14.3. The van der Waals surface area contributed by atoms with Crippen molar-refractivity contribution in [3.05, 3.63) is 128 Å². The number of hydrogen-bond acceptors (Lipinski definition) is 6. The van der Waals surface area contributed by atoms with Gasteiger partial charge in [-0.05, 0) is 46.8 Å². The maximum Gasteiger partial charge on any atom is 0.165 e. The number of aromatic nitrogens is 2. The first kappa shape index (κ1) is 26.3. The summed E-state index contributed by atoms with van der Waals surface area (Å²) in [4.78, 5) is 16.8.